The molecule has 3 heteroatoms. The van der Waals surface area contributed by atoms with Crippen molar-refractivity contribution in [2.24, 2.45) is 17.8 Å². The second-order valence-electron chi connectivity index (χ2n) is 5.21. The van der Waals surface area contributed by atoms with Gasteiger partial charge in [-0.2, -0.15) is 0 Å². The Kier molecular flexibility index (Phi) is 6.37. The Morgan fingerprint density at radius 2 is 1.89 bits per heavy atom. The van der Waals surface area contributed by atoms with Gasteiger partial charge in [-0.15, -0.1) is 0 Å². The number of ketones is 1. The second-order valence-corrected chi connectivity index (χ2v) is 5.21. The largest absolute Gasteiger partial charge is 0.466 e. The van der Waals surface area contributed by atoms with Crippen molar-refractivity contribution in [1.29, 1.82) is 0 Å². The first-order valence-corrected chi connectivity index (χ1v) is 7.34. The standard InChI is InChI=1S/C15H26O3/c1-4-7-11-12(8-5-2)14(16)10-9-13(11)15(17)18-6-3/h11-13H,4-10H2,1-3H3. The molecule has 1 saturated carbocycles. The number of rotatable bonds is 6. The van der Waals surface area contributed by atoms with E-state index >= 15 is 0 Å². The number of hydrogen-bond acceptors (Lipinski definition) is 3. The van der Waals surface area contributed by atoms with Crippen molar-refractivity contribution in [2.75, 3.05) is 6.61 Å². The molecule has 0 saturated heterocycles. The first-order valence-electron chi connectivity index (χ1n) is 7.34. The SMILES string of the molecule is CCCC1C(=O)CCC(C(=O)OCC)C1CCC. The number of carbonyl (C=O) groups excluding carboxylic acids is 2. The third-order valence-electron chi connectivity index (χ3n) is 3.96. The van der Waals surface area contributed by atoms with E-state index in [-0.39, 0.29) is 23.7 Å². The van der Waals surface area contributed by atoms with Gasteiger partial charge in [-0.1, -0.05) is 26.7 Å². The zero-order valence-electron chi connectivity index (χ0n) is 11.9. The molecule has 0 amide bonds. The summed E-state index contributed by atoms with van der Waals surface area (Å²) >= 11 is 0. The van der Waals surface area contributed by atoms with Crippen molar-refractivity contribution in [2.45, 2.75) is 59.3 Å². The minimum absolute atomic E-state index is 0.0563. The maximum atomic E-state index is 12.0. The summed E-state index contributed by atoms with van der Waals surface area (Å²) in [4.78, 5) is 24.0. The van der Waals surface area contributed by atoms with Crippen molar-refractivity contribution in [1.82, 2.24) is 0 Å². The van der Waals surface area contributed by atoms with Gasteiger partial charge in [0.05, 0.1) is 12.5 Å². The quantitative estimate of drug-likeness (QED) is 0.683. The van der Waals surface area contributed by atoms with Gasteiger partial charge in [0.25, 0.3) is 0 Å². The minimum atomic E-state index is -0.0930. The molecule has 0 aromatic rings. The maximum Gasteiger partial charge on any atom is 0.309 e. The Morgan fingerprint density at radius 3 is 2.44 bits per heavy atom. The highest BCUT2D eigenvalue weighted by Gasteiger charge is 2.41. The fourth-order valence-corrected chi connectivity index (χ4v) is 3.18. The van der Waals surface area contributed by atoms with Crippen LogP contribution < -0.4 is 0 Å². The third kappa shape index (κ3) is 3.56. The summed E-state index contributed by atoms with van der Waals surface area (Å²) in [5, 5.41) is 0. The number of carbonyl (C=O) groups is 2. The molecule has 3 nitrogen and oxygen atoms in total. The lowest BCUT2D eigenvalue weighted by Gasteiger charge is -2.35. The van der Waals surface area contributed by atoms with E-state index in [2.05, 4.69) is 13.8 Å². The van der Waals surface area contributed by atoms with E-state index < -0.39 is 0 Å². The van der Waals surface area contributed by atoms with Gasteiger partial charge in [-0.05, 0) is 32.1 Å². The highest BCUT2D eigenvalue weighted by atomic mass is 16.5. The summed E-state index contributed by atoms with van der Waals surface area (Å²) in [5.41, 5.74) is 0. The Balaban J connectivity index is 2.81. The number of hydrogen-bond donors (Lipinski definition) is 0. The van der Waals surface area contributed by atoms with Crippen molar-refractivity contribution in [3.05, 3.63) is 0 Å². The van der Waals surface area contributed by atoms with Crippen LogP contribution in [-0.2, 0) is 14.3 Å². The van der Waals surface area contributed by atoms with E-state index in [1.807, 2.05) is 6.92 Å². The van der Waals surface area contributed by atoms with Crippen LogP contribution in [0.5, 0.6) is 0 Å². The molecule has 104 valence electrons. The summed E-state index contributed by atoms with van der Waals surface area (Å²) in [5.74, 6) is 0.493. The highest BCUT2D eigenvalue weighted by molar-refractivity contribution is 5.85. The van der Waals surface area contributed by atoms with Crippen LogP contribution in [0.2, 0.25) is 0 Å². The molecule has 1 aliphatic rings. The lowest BCUT2D eigenvalue weighted by atomic mass is 9.68. The predicted molar refractivity (Wildman–Crippen MR) is 71.2 cm³/mol. The summed E-state index contributed by atoms with van der Waals surface area (Å²) < 4.78 is 5.17. The van der Waals surface area contributed by atoms with Crippen LogP contribution in [0, 0.1) is 17.8 Å². The number of ether oxygens (including phenoxy) is 1. The van der Waals surface area contributed by atoms with Gasteiger partial charge in [0, 0.05) is 12.3 Å². The molecule has 3 unspecified atom stereocenters. The summed E-state index contributed by atoms with van der Waals surface area (Å²) in [6.07, 6.45) is 5.14. The number of esters is 1. The first kappa shape index (κ1) is 15.2. The summed E-state index contributed by atoms with van der Waals surface area (Å²) in [6, 6.07) is 0. The molecule has 0 aliphatic heterocycles. The average Bonchev–Trinajstić information content (AvgIpc) is 2.34. The lowest BCUT2D eigenvalue weighted by molar-refractivity contribution is -0.154. The third-order valence-corrected chi connectivity index (χ3v) is 3.96. The molecule has 1 aliphatic carbocycles. The molecule has 0 bridgehead atoms. The maximum absolute atomic E-state index is 12.0. The van der Waals surface area contributed by atoms with Gasteiger partial charge in [-0.25, -0.2) is 0 Å². The normalized spacial score (nSPS) is 28.2. The van der Waals surface area contributed by atoms with Crippen LogP contribution in [0.4, 0.5) is 0 Å². The molecule has 0 radical (unpaired) electrons. The van der Waals surface area contributed by atoms with E-state index in [4.69, 9.17) is 4.74 Å². The van der Waals surface area contributed by atoms with Crippen molar-refractivity contribution in [3.63, 3.8) is 0 Å². The molecule has 0 heterocycles. The fourth-order valence-electron chi connectivity index (χ4n) is 3.18. The first-order chi connectivity index (χ1) is 8.65. The Morgan fingerprint density at radius 1 is 1.22 bits per heavy atom. The molecule has 0 N–H and O–H groups in total. The van der Waals surface area contributed by atoms with Gasteiger partial charge in [0.2, 0.25) is 0 Å². The molecule has 0 aromatic heterocycles. The Hall–Kier alpha value is -0.860. The molecule has 3 atom stereocenters. The summed E-state index contributed by atoms with van der Waals surface area (Å²) in [7, 11) is 0. The monoisotopic (exact) mass is 254 g/mol. The van der Waals surface area contributed by atoms with Crippen molar-refractivity contribution >= 4 is 11.8 Å². The Labute approximate surface area is 110 Å². The van der Waals surface area contributed by atoms with Gasteiger partial charge < -0.3 is 4.74 Å². The van der Waals surface area contributed by atoms with Gasteiger partial charge in [0.15, 0.2) is 0 Å². The van der Waals surface area contributed by atoms with Gasteiger partial charge in [0.1, 0.15) is 5.78 Å². The smallest absolute Gasteiger partial charge is 0.309 e. The Bertz CT molecular complexity index is 285. The zero-order chi connectivity index (χ0) is 13.5. The van der Waals surface area contributed by atoms with Crippen LogP contribution in [0.15, 0.2) is 0 Å². The molecule has 1 rings (SSSR count). The summed E-state index contributed by atoms with van der Waals surface area (Å²) in [6.45, 7) is 6.49. The van der Waals surface area contributed by atoms with Crippen molar-refractivity contribution in [3.8, 4) is 0 Å². The van der Waals surface area contributed by atoms with Crippen LogP contribution in [0.1, 0.15) is 59.3 Å². The average molecular weight is 254 g/mol. The van der Waals surface area contributed by atoms with E-state index in [9.17, 15) is 9.59 Å². The number of Topliss-reactive ketones (excluding diaryl/α,β-unsaturated/α-hetero) is 1. The topological polar surface area (TPSA) is 43.4 Å². The lowest BCUT2D eigenvalue weighted by Crippen LogP contribution is -2.39. The van der Waals surface area contributed by atoms with E-state index in [1.54, 1.807) is 0 Å². The fraction of sp³-hybridized carbons (Fsp3) is 0.867. The molecule has 0 spiro atoms. The van der Waals surface area contributed by atoms with Crippen molar-refractivity contribution < 1.29 is 14.3 Å². The van der Waals surface area contributed by atoms with Crippen LogP contribution in [0.3, 0.4) is 0 Å². The molecule has 18 heavy (non-hydrogen) atoms. The predicted octanol–water partition coefficient (Wildman–Crippen LogP) is 3.36. The van der Waals surface area contributed by atoms with E-state index in [0.29, 0.717) is 25.2 Å². The highest BCUT2D eigenvalue weighted by Crippen LogP contribution is 2.38. The van der Waals surface area contributed by atoms with Crippen LogP contribution >= 0.6 is 0 Å². The molecule has 1 fully saturated rings. The zero-order valence-corrected chi connectivity index (χ0v) is 11.9. The molecular weight excluding hydrogens is 228 g/mol. The molecule has 0 aromatic carbocycles. The minimum Gasteiger partial charge on any atom is -0.466 e. The second kappa shape index (κ2) is 7.55. The van der Waals surface area contributed by atoms with E-state index in [1.165, 1.54) is 0 Å². The van der Waals surface area contributed by atoms with Crippen LogP contribution in [-0.4, -0.2) is 18.4 Å². The van der Waals surface area contributed by atoms with E-state index in [0.717, 1.165) is 25.7 Å². The van der Waals surface area contributed by atoms with Gasteiger partial charge >= 0.3 is 5.97 Å². The van der Waals surface area contributed by atoms with Crippen LogP contribution in [0.25, 0.3) is 0 Å². The molecular formula is C15H26O3. The van der Waals surface area contributed by atoms with Gasteiger partial charge in [-0.3, -0.25) is 9.59 Å².